The van der Waals surface area contributed by atoms with Crippen molar-refractivity contribution in [2.75, 3.05) is 43.1 Å². The molecule has 0 bridgehead atoms. The van der Waals surface area contributed by atoms with Crippen molar-refractivity contribution < 1.29 is 9.53 Å². The van der Waals surface area contributed by atoms with Gasteiger partial charge in [0, 0.05) is 62.6 Å². The number of benzene rings is 1. The fourth-order valence-electron chi connectivity index (χ4n) is 3.78. The van der Waals surface area contributed by atoms with Gasteiger partial charge in [0.1, 0.15) is 5.56 Å². The molecule has 1 fully saturated rings. The number of anilines is 3. The fraction of sp³-hybridized carbons (Fsp3) is 0.273. The van der Waals surface area contributed by atoms with Gasteiger partial charge in [-0.15, -0.1) is 0 Å². The van der Waals surface area contributed by atoms with Crippen LogP contribution >= 0.6 is 0 Å². The molecule has 0 unspecified atom stereocenters. The number of ether oxygens (including phenoxy) is 1. The number of piperazine rings is 1. The van der Waals surface area contributed by atoms with Crippen LogP contribution in [0.5, 0.6) is 5.88 Å². The molecule has 3 aromatic rings. The van der Waals surface area contributed by atoms with Crippen LogP contribution < -0.4 is 25.8 Å². The third kappa shape index (κ3) is 4.26. The lowest BCUT2D eigenvalue weighted by Crippen LogP contribution is -2.43. The van der Waals surface area contributed by atoms with Gasteiger partial charge < -0.3 is 30.2 Å². The zero-order valence-corrected chi connectivity index (χ0v) is 17.4. The van der Waals surface area contributed by atoms with Crippen molar-refractivity contribution in [3.63, 3.8) is 0 Å². The molecule has 2 aromatic heterocycles. The second-order valence-corrected chi connectivity index (χ2v) is 7.66. The largest absolute Gasteiger partial charge is 0.455 e. The van der Waals surface area contributed by atoms with Gasteiger partial charge in [-0.1, -0.05) is 0 Å². The standard InChI is InChI=1S/C22H23N7O3/c30-19-11-15(5-6-24-19)13-29-14-32-20-18(21(29)31)12-25-22(27-20)26-16-1-3-17(4-2-16)28-9-7-23-8-10-28/h1-6,11-12,23H,7-10,13-14H2,(H,24,30)(H,25,26,27). The maximum atomic E-state index is 12.8. The summed E-state index contributed by atoms with van der Waals surface area (Å²) in [4.78, 5) is 39.3. The Labute approximate surface area is 184 Å². The summed E-state index contributed by atoms with van der Waals surface area (Å²) >= 11 is 0. The molecular weight excluding hydrogens is 410 g/mol. The molecule has 164 valence electrons. The van der Waals surface area contributed by atoms with Crippen LogP contribution in [0.2, 0.25) is 0 Å². The van der Waals surface area contributed by atoms with E-state index in [1.165, 1.54) is 22.9 Å². The van der Waals surface area contributed by atoms with Crippen molar-refractivity contribution in [2.45, 2.75) is 6.54 Å². The van der Waals surface area contributed by atoms with Crippen LogP contribution in [-0.4, -0.2) is 58.7 Å². The third-order valence-corrected chi connectivity index (χ3v) is 5.45. The molecule has 1 amide bonds. The van der Waals surface area contributed by atoms with Gasteiger partial charge >= 0.3 is 0 Å². The van der Waals surface area contributed by atoms with Crippen molar-refractivity contribution in [3.05, 3.63) is 70.3 Å². The van der Waals surface area contributed by atoms with Crippen LogP contribution in [0.15, 0.2) is 53.6 Å². The van der Waals surface area contributed by atoms with E-state index < -0.39 is 0 Å². The molecule has 0 radical (unpaired) electrons. The van der Waals surface area contributed by atoms with E-state index in [0.717, 1.165) is 37.4 Å². The number of nitrogens with one attached hydrogen (secondary N) is 3. The first-order valence-corrected chi connectivity index (χ1v) is 10.5. The normalized spacial score (nSPS) is 15.8. The van der Waals surface area contributed by atoms with Crippen LogP contribution in [0.25, 0.3) is 0 Å². The molecule has 0 spiro atoms. The summed E-state index contributed by atoms with van der Waals surface area (Å²) in [5, 5.41) is 6.51. The molecule has 10 nitrogen and oxygen atoms in total. The van der Waals surface area contributed by atoms with E-state index in [2.05, 4.69) is 42.6 Å². The topological polar surface area (TPSA) is 115 Å². The highest BCUT2D eigenvalue weighted by Gasteiger charge is 2.28. The van der Waals surface area contributed by atoms with Crippen molar-refractivity contribution in [1.29, 1.82) is 0 Å². The first-order chi connectivity index (χ1) is 15.7. The molecule has 0 atom stereocenters. The number of aromatic amines is 1. The van der Waals surface area contributed by atoms with Gasteiger partial charge in [-0.25, -0.2) is 4.98 Å². The number of amides is 1. The average Bonchev–Trinajstić information content (AvgIpc) is 2.82. The van der Waals surface area contributed by atoms with E-state index in [9.17, 15) is 9.59 Å². The molecular formula is C22H23N7O3. The Balaban J connectivity index is 1.26. The molecule has 0 aliphatic carbocycles. The minimum absolute atomic E-state index is 0.0501. The van der Waals surface area contributed by atoms with E-state index in [0.29, 0.717) is 11.5 Å². The molecule has 5 rings (SSSR count). The Hall–Kier alpha value is -3.92. The lowest BCUT2D eigenvalue weighted by atomic mass is 10.2. The Morgan fingerprint density at radius 1 is 1.09 bits per heavy atom. The Morgan fingerprint density at radius 3 is 2.69 bits per heavy atom. The number of carbonyl (C=O) groups excluding carboxylic acids is 1. The van der Waals surface area contributed by atoms with Gasteiger partial charge in [-0.05, 0) is 35.9 Å². The van der Waals surface area contributed by atoms with E-state index in [-0.39, 0.29) is 30.6 Å². The van der Waals surface area contributed by atoms with Gasteiger partial charge in [0.05, 0.1) is 0 Å². The van der Waals surface area contributed by atoms with Gasteiger partial charge in [-0.3, -0.25) is 9.59 Å². The number of rotatable bonds is 5. The molecule has 3 N–H and O–H groups in total. The van der Waals surface area contributed by atoms with Crippen molar-refractivity contribution in [2.24, 2.45) is 0 Å². The van der Waals surface area contributed by atoms with Crippen LogP contribution in [0.3, 0.4) is 0 Å². The van der Waals surface area contributed by atoms with Gasteiger partial charge in [0.25, 0.3) is 5.91 Å². The predicted molar refractivity (Wildman–Crippen MR) is 119 cm³/mol. The fourth-order valence-corrected chi connectivity index (χ4v) is 3.78. The zero-order chi connectivity index (χ0) is 21.9. The summed E-state index contributed by atoms with van der Waals surface area (Å²) in [6, 6.07) is 11.3. The molecule has 4 heterocycles. The van der Waals surface area contributed by atoms with Crippen molar-refractivity contribution in [1.82, 2.24) is 25.2 Å². The smallest absolute Gasteiger partial charge is 0.263 e. The Bertz CT molecular complexity index is 1170. The number of carbonyl (C=O) groups is 1. The monoisotopic (exact) mass is 433 g/mol. The lowest BCUT2D eigenvalue weighted by molar-refractivity contribution is 0.0484. The summed E-state index contributed by atoms with van der Waals surface area (Å²) in [7, 11) is 0. The van der Waals surface area contributed by atoms with Crippen LogP contribution in [0, 0.1) is 0 Å². The first kappa shape index (κ1) is 20.0. The Kier molecular flexibility index (Phi) is 5.42. The molecule has 2 aliphatic rings. The Morgan fingerprint density at radius 2 is 1.91 bits per heavy atom. The predicted octanol–water partition coefficient (Wildman–Crippen LogP) is 1.31. The first-order valence-electron chi connectivity index (χ1n) is 10.5. The lowest BCUT2D eigenvalue weighted by Gasteiger charge is -2.29. The average molecular weight is 433 g/mol. The number of nitrogens with zero attached hydrogens (tertiary/aromatic N) is 4. The highest BCUT2D eigenvalue weighted by Crippen LogP contribution is 2.26. The number of aromatic nitrogens is 3. The number of pyridine rings is 1. The minimum atomic E-state index is -0.238. The van der Waals surface area contributed by atoms with E-state index in [4.69, 9.17) is 4.74 Å². The molecule has 2 aliphatic heterocycles. The quantitative estimate of drug-likeness (QED) is 0.552. The highest BCUT2D eigenvalue weighted by molar-refractivity contribution is 5.97. The van der Waals surface area contributed by atoms with E-state index in [1.807, 2.05) is 12.1 Å². The van der Waals surface area contributed by atoms with Gasteiger partial charge in [0.2, 0.25) is 17.4 Å². The SMILES string of the molecule is O=C1c2cnc(Nc3ccc(N4CCNCC4)cc3)nc2OCN1Cc1cc[nH]c(=O)c1. The summed E-state index contributed by atoms with van der Waals surface area (Å²) in [5.74, 6) is 0.361. The van der Waals surface area contributed by atoms with Crippen LogP contribution in [0.1, 0.15) is 15.9 Å². The minimum Gasteiger partial charge on any atom is -0.455 e. The van der Waals surface area contributed by atoms with E-state index >= 15 is 0 Å². The molecule has 10 heteroatoms. The number of fused-ring (bicyclic) bond motifs is 1. The summed E-state index contributed by atoms with van der Waals surface area (Å²) in [5.41, 5.74) is 2.83. The van der Waals surface area contributed by atoms with E-state index in [1.54, 1.807) is 12.3 Å². The maximum absolute atomic E-state index is 12.8. The molecule has 32 heavy (non-hydrogen) atoms. The maximum Gasteiger partial charge on any atom is 0.263 e. The molecule has 1 saturated heterocycles. The summed E-state index contributed by atoms with van der Waals surface area (Å²) in [6.45, 7) is 4.27. The molecule has 0 saturated carbocycles. The second kappa shape index (κ2) is 8.67. The van der Waals surface area contributed by atoms with Gasteiger partial charge in [0.15, 0.2) is 6.73 Å². The van der Waals surface area contributed by atoms with Crippen molar-refractivity contribution >= 4 is 23.2 Å². The summed E-state index contributed by atoms with van der Waals surface area (Å²) in [6.07, 6.45) is 3.02. The van der Waals surface area contributed by atoms with Crippen LogP contribution in [-0.2, 0) is 6.54 Å². The zero-order valence-electron chi connectivity index (χ0n) is 17.4. The van der Waals surface area contributed by atoms with Crippen molar-refractivity contribution in [3.8, 4) is 5.88 Å². The number of hydrogen-bond acceptors (Lipinski definition) is 8. The molecule has 1 aromatic carbocycles. The van der Waals surface area contributed by atoms with Gasteiger partial charge in [-0.2, -0.15) is 4.98 Å². The highest BCUT2D eigenvalue weighted by atomic mass is 16.5. The summed E-state index contributed by atoms with van der Waals surface area (Å²) < 4.78 is 5.70. The second-order valence-electron chi connectivity index (χ2n) is 7.66. The van der Waals surface area contributed by atoms with Crippen LogP contribution in [0.4, 0.5) is 17.3 Å². The number of H-pyrrole nitrogens is 1. The third-order valence-electron chi connectivity index (χ3n) is 5.45. The number of hydrogen-bond donors (Lipinski definition) is 3.